The van der Waals surface area contributed by atoms with E-state index in [9.17, 15) is 0 Å². The lowest BCUT2D eigenvalue weighted by molar-refractivity contribution is 0.405. The topological polar surface area (TPSA) is 75.2 Å². The Labute approximate surface area is 132 Å². The van der Waals surface area contributed by atoms with E-state index in [4.69, 9.17) is 26.8 Å². The highest BCUT2D eigenvalue weighted by Gasteiger charge is 2.07. The third-order valence-electron chi connectivity index (χ3n) is 2.96. The molecule has 0 unspecified atom stereocenters. The Hall–Kier alpha value is -2.73. The van der Waals surface area contributed by atoms with E-state index >= 15 is 0 Å². The normalized spacial score (nSPS) is 10.5. The quantitative estimate of drug-likeness (QED) is 0.799. The summed E-state index contributed by atoms with van der Waals surface area (Å²) in [5.41, 5.74) is 6.37. The van der Waals surface area contributed by atoms with Gasteiger partial charge in [0.2, 0.25) is 5.88 Å². The lowest BCUT2D eigenvalue weighted by Crippen LogP contribution is -1.93. The zero-order valence-corrected chi connectivity index (χ0v) is 12.5. The van der Waals surface area contributed by atoms with E-state index in [0.717, 1.165) is 5.69 Å². The van der Waals surface area contributed by atoms with Crippen LogP contribution in [0.5, 0.6) is 17.4 Å². The van der Waals surface area contributed by atoms with Crippen LogP contribution < -0.4 is 15.2 Å². The molecule has 3 aromatic rings. The summed E-state index contributed by atoms with van der Waals surface area (Å²) in [5.74, 6) is 2.09. The average Bonchev–Trinajstić information content (AvgIpc) is 2.94. The molecule has 112 valence electrons. The van der Waals surface area contributed by atoms with Crippen LogP contribution in [0.25, 0.3) is 5.69 Å². The SMILES string of the molecule is COc1ccnc(Oc2ccc(-n3cnc(N)c3)c(Cl)c2)c1. The fourth-order valence-electron chi connectivity index (χ4n) is 1.93. The molecule has 6 nitrogen and oxygen atoms in total. The zero-order chi connectivity index (χ0) is 15.5. The highest BCUT2D eigenvalue weighted by molar-refractivity contribution is 6.32. The van der Waals surface area contributed by atoms with E-state index in [1.807, 2.05) is 6.07 Å². The summed E-state index contributed by atoms with van der Waals surface area (Å²) in [6.07, 6.45) is 4.89. The van der Waals surface area contributed by atoms with Gasteiger partial charge in [-0.25, -0.2) is 9.97 Å². The maximum Gasteiger partial charge on any atom is 0.222 e. The van der Waals surface area contributed by atoms with Gasteiger partial charge in [-0.2, -0.15) is 0 Å². The molecule has 22 heavy (non-hydrogen) atoms. The lowest BCUT2D eigenvalue weighted by atomic mass is 10.3. The molecule has 0 fully saturated rings. The number of hydrogen-bond donors (Lipinski definition) is 1. The molecule has 0 spiro atoms. The van der Waals surface area contributed by atoms with Gasteiger partial charge in [-0.05, 0) is 18.2 Å². The van der Waals surface area contributed by atoms with Crippen molar-refractivity contribution in [1.82, 2.24) is 14.5 Å². The number of benzene rings is 1. The number of aromatic nitrogens is 3. The van der Waals surface area contributed by atoms with Crippen molar-refractivity contribution in [1.29, 1.82) is 0 Å². The number of halogens is 1. The third kappa shape index (κ3) is 2.96. The molecule has 0 aliphatic carbocycles. The van der Waals surface area contributed by atoms with E-state index in [-0.39, 0.29) is 0 Å². The Kier molecular flexibility index (Phi) is 3.84. The number of pyridine rings is 1. The first-order chi connectivity index (χ1) is 10.7. The summed E-state index contributed by atoms with van der Waals surface area (Å²) < 4.78 is 12.5. The van der Waals surface area contributed by atoms with Crippen molar-refractivity contribution in [3.8, 4) is 23.1 Å². The Bertz CT molecular complexity index is 804. The Morgan fingerprint density at radius 1 is 1.14 bits per heavy atom. The van der Waals surface area contributed by atoms with Crippen LogP contribution in [0.3, 0.4) is 0 Å². The fraction of sp³-hybridized carbons (Fsp3) is 0.0667. The van der Waals surface area contributed by atoms with Gasteiger partial charge in [0.05, 0.1) is 24.0 Å². The molecule has 0 aliphatic heterocycles. The standard InChI is InChI=1S/C15H13ClN4O2/c1-21-10-4-5-18-15(7-10)22-11-2-3-13(12(16)6-11)20-8-14(17)19-9-20/h2-9H,17H2,1H3. The first-order valence-electron chi connectivity index (χ1n) is 6.43. The second kappa shape index (κ2) is 5.95. The first kappa shape index (κ1) is 14.2. The molecular weight excluding hydrogens is 304 g/mol. The maximum atomic E-state index is 6.28. The molecular formula is C15H13ClN4O2. The van der Waals surface area contributed by atoms with Crippen molar-refractivity contribution >= 4 is 17.4 Å². The molecule has 0 saturated heterocycles. The van der Waals surface area contributed by atoms with Crippen molar-refractivity contribution in [2.75, 3.05) is 12.8 Å². The highest BCUT2D eigenvalue weighted by Crippen LogP contribution is 2.29. The minimum absolute atomic E-state index is 0.426. The molecule has 2 heterocycles. The average molecular weight is 317 g/mol. The van der Waals surface area contributed by atoms with Gasteiger partial charge in [0.25, 0.3) is 0 Å². The molecule has 0 saturated carbocycles. The zero-order valence-electron chi connectivity index (χ0n) is 11.7. The number of nitrogens with zero attached hydrogens (tertiary/aromatic N) is 3. The number of rotatable bonds is 4. The summed E-state index contributed by atoms with van der Waals surface area (Å²) in [6, 6.07) is 8.75. The van der Waals surface area contributed by atoms with Gasteiger partial charge in [0.1, 0.15) is 23.6 Å². The van der Waals surface area contributed by atoms with Crippen LogP contribution in [0.1, 0.15) is 0 Å². The molecule has 0 bridgehead atoms. The van der Waals surface area contributed by atoms with Crippen LogP contribution >= 0.6 is 11.6 Å². The number of methoxy groups -OCH3 is 1. The monoisotopic (exact) mass is 316 g/mol. The predicted molar refractivity (Wildman–Crippen MR) is 83.8 cm³/mol. The lowest BCUT2D eigenvalue weighted by Gasteiger charge is -2.09. The van der Waals surface area contributed by atoms with Gasteiger partial charge in [-0.3, -0.25) is 0 Å². The van der Waals surface area contributed by atoms with Gasteiger partial charge in [-0.1, -0.05) is 11.6 Å². The Balaban J connectivity index is 1.85. The summed E-state index contributed by atoms with van der Waals surface area (Å²) in [6.45, 7) is 0. The van der Waals surface area contributed by atoms with Crippen molar-refractivity contribution in [2.45, 2.75) is 0 Å². The third-order valence-corrected chi connectivity index (χ3v) is 3.27. The van der Waals surface area contributed by atoms with Gasteiger partial charge >= 0.3 is 0 Å². The number of hydrogen-bond acceptors (Lipinski definition) is 5. The first-order valence-corrected chi connectivity index (χ1v) is 6.81. The van der Waals surface area contributed by atoms with E-state index in [2.05, 4.69) is 9.97 Å². The Morgan fingerprint density at radius 3 is 2.68 bits per heavy atom. The van der Waals surface area contributed by atoms with Gasteiger partial charge < -0.3 is 19.8 Å². The maximum absolute atomic E-state index is 6.28. The van der Waals surface area contributed by atoms with Gasteiger partial charge in [0, 0.05) is 18.3 Å². The molecule has 2 N–H and O–H groups in total. The van der Waals surface area contributed by atoms with Gasteiger partial charge in [-0.15, -0.1) is 0 Å². The molecule has 3 rings (SSSR count). The smallest absolute Gasteiger partial charge is 0.222 e. The predicted octanol–water partition coefficient (Wildman–Crippen LogP) is 3.30. The summed E-state index contributed by atoms with van der Waals surface area (Å²) in [7, 11) is 1.58. The number of imidazole rings is 1. The highest BCUT2D eigenvalue weighted by atomic mass is 35.5. The number of ether oxygens (including phenoxy) is 2. The van der Waals surface area contributed by atoms with Crippen LogP contribution in [-0.4, -0.2) is 21.6 Å². The van der Waals surface area contributed by atoms with Crippen molar-refractivity contribution in [3.05, 3.63) is 54.1 Å². The van der Waals surface area contributed by atoms with E-state index in [1.165, 1.54) is 0 Å². The van der Waals surface area contributed by atoms with E-state index in [1.54, 1.807) is 54.7 Å². The second-order valence-electron chi connectivity index (χ2n) is 4.45. The largest absolute Gasteiger partial charge is 0.497 e. The van der Waals surface area contributed by atoms with Gasteiger partial charge in [0.15, 0.2) is 0 Å². The van der Waals surface area contributed by atoms with Crippen molar-refractivity contribution in [3.63, 3.8) is 0 Å². The number of anilines is 1. The number of nitrogens with two attached hydrogens (primary N) is 1. The Morgan fingerprint density at radius 2 is 2.00 bits per heavy atom. The second-order valence-corrected chi connectivity index (χ2v) is 4.86. The minimum atomic E-state index is 0.426. The van der Waals surface area contributed by atoms with Crippen molar-refractivity contribution < 1.29 is 9.47 Å². The molecule has 2 aromatic heterocycles. The van der Waals surface area contributed by atoms with E-state index in [0.29, 0.717) is 28.2 Å². The molecule has 0 aliphatic rings. The van der Waals surface area contributed by atoms with E-state index < -0.39 is 0 Å². The molecule has 0 atom stereocenters. The summed E-state index contributed by atoms with van der Waals surface area (Å²) in [4.78, 5) is 8.09. The summed E-state index contributed by atoms with van der Waals surface area (Å²) >= 11 is 6.28. The summed E-state index contributed by atoms with van der Waals surface area (Å²) in [5, 5.41) is 0.512. The molecule has 0 radical (unpaired) electrons. The molecule has 0 amide bonds. The van der Waals surface area contributed by atoms with Crippen LogP contribution in [-0.2, 0) is 0 Å². The fourth-order valence-corrected chi connectivity index (χ4v) is 2.19. The van der Waals surface area contributed by atoms with Crippen LogP contribution in [0, 0.1) is 0 Å². The van der Waals surface area contributed by atoms with Crippen LogP contribution in [0.4, 0.5) is 5.82 Å². The molecule has 1 aromatic carbocycles. The van der Waals surface area contributed by atoms with Crippen LogP contribution in [0.15, 0.2) is 49.1 Å². The van der Waals surface area contributed by atoms with Crippen molar-refractivity contribution in [2.24, 2.45) is 0 Å². The minimum Gasteiger partial charge on any atom is -0.497 e. The molecule has 7 heteroatoms. The number of nitrogen functional groups attached to an aromatic ring is 1. The van der Waals surface area contributed by atoms with Crippen LogP contribution in [0.2, 0.25) is 5.02 Å².